The van der Waals surface area contributed by atoms with Gasteiger partial charge in [0, 0.05) is 24.1 Å². The predicted octanol–water partition coefficient (Wildman–Crippen LogP) is 1.05. The number of hydrogen-bond donors (Lipinski definition) is 1. The van der Waals surface area contributed by atoms with Crippen LogP contribution in [0.15, 0.2) is 35.0 Å². The minimum Gasteiger partial charge on any atom is -0.497 e. The maximum atomic E-state index is 7.37. The van der Waals surface area contributed by atoms with Crippen molar-refractivity contribution in [1.29, 1.82) is 5.41 Å². The van der Waals surface area contributed by atoms with E-state index in [9.17, 15) is 0 Å². The Balaban J connectivity index is 1.46. The molecular formula is C15H20N4O2S. The van der Waals surface area contributed by atoms with Gasteiger partial charge in [-0.1, -0.05) is 16.9 Å². The van der Waals surface area contributed by atoms with Crippen molar-refractivity contribution in [2.75, 3.05) is 25.2 Å². The fourth-order valence-electron chi connectivity index (χ4n) is 2.52. The van der Waals surface area contributed by atoms with E-state index >= 15 is 0 Å². The highest BCUT2D eigenvalue weighted by atomic mass is 32.2. The molecule has 1 aromatic carbocycles. The molecule has 1 N–H and O–H groups in total. The van der Waals surface area contributed by atoms with Gasteiger partial charge < -0.3 is 9.26 Å². The van der Waals surface area contributed by atoms with Gasteiger partial charge in [-0.3, -0.25) is 10.4 Å². The monoisotopic (exact) mass is 320 g/mol. The van der Waals surface area contributed by atoms with Crippen LogP contribution in [0.2, 0.25) is 0 Å². The highest BCUT2D eigenvalue weighted by Crippen LogP contribution is 2.26. The number of aromatic nitrogens is 2. The van der Waals surface area contributed by atoms with Crippen LogP contribution in [0.25, 0.3) is 0 Å². The number of ether oxygens (including phenoxy) is 1. The molecule has 0 spiro atoms. The Hall–Kier alpha value is -1.89. The molecule has 1 fully saturated rings. The molecular weight excluding hydrogens is 300 g/mol. The number of thioether (sulfide) groups is 1. The molecule has 0 atom stereocenters. The van der Waals surface area contributed by atoms with Crippen LogP contribution in [-0.4, -0.2) is 25.4 Å². The zero-order chi connectivity index (χ0) is 15.4. The minimum absolute atomic E-state index is 0.0935. The molecule has 0 aliphatic carbocycles. The summed E-state index contributed by atoms with van der Waals surface area (Å²) in [5.41, 5.74) is 1.42. The molecule has 1 aliphatic heterocycles. The second-order valence-electron chi connectivity index (χ2n) is 5.30. The smallest absolute Gasteiger partial charge is 0.286 e. The van der Waals surface area contributed by atoms with Gasteiger partial charge in [0.2, 0.25) is 0 Å². The van der Waals surface area contributed by atoms with E-state index in [4.69, 9.17) is 14.7 Å². The Morgan fingerprint density at radius 1 is 1.36 bits per heavy atom. The molecule has 0 amide bonds. The summed E-state index contributed by atoms with van der Waals surface area (Å²) in [4.78, 5) is 1.65. The van der Waals surface area contributed by atoms with Gasteiger partial charge in [-0.05, 0) is 35.8 Å². The second kappa shape index (κ2) is 6.91. The van der Waals surface area contributed by atoms with E-state index in [-0.39, 0.29) is 5.55 Å². The standard InChI is InChI=1S/C15H20N4O2S/c1-20-13-4-2-12(3-5-13)11-22-14-6-8-18(9-7-14)19-10-15(16)21-17-19/h2-5,10,14,16H,6-9,11H2,1H3. The van der Waals surface area contributed by atoms with Crippen molar-refractivity contribution in [3.05, 3.63) is 41.6 Å². The summed E-state index contributed by atoms with van der Waals surface area (Å²) in [5, 5.41) is 14.0. The van der Waals surface area contributed by atoms with Gasteiger partial charge in [0.05, 0.1) is 7.11 Å². The molecule has 1 aliphatic rings. The molecule has 0 bridgehead atoms. The van der Waals surface area contributed by atoms with E-state index < -0.39 is 0 Å². The van der Waals surface area contributed by atoms with Crippen LogP contribution in [0, 0.1) is 5.41 Å². The molecule has 7 heteroatoms. The molecule has 3 rings (SSSR count). The lowest BCUT2D eigenvalue weighted by atomic mass is 10.1. The number of nitrogens with zero attached hydrogens (tertiary/aromatic N) is 3. The third-order valence-corrected chi connectivity index (χ3v) is 5.25. The first kappa shape index (κ1) is 15.0. The zero-order valence-corrected chi connectivity index (χ0v) is 13.4. The highest BCUT2D eigenvalue weighted by molar-refractivity contribution is 7.99. The lowest BCUT2D eigenvalue weighted by Crippen LogP contribution is -2.63. The van der Waals surface area contributed by atoms with Crippen LogP contribution in [0.5, 0.6) is 5.75 Å². The molecule has 0 saturated carbocycles. The lowest BCUT2D eigenvalue weighted by molar-refractivity contribution is -0.764. The first-order valence-corrected chi connectivity index (χ1v) is 8.39. The first-order chi connectivity index (χ1) is 10.7. The molecule has 2 aromatic rings. The van der Waals surface area contributed by atoms with Gasteiger partial charge >= 0.3 is 0 Å². The predicted molar refractivity (Wildman–Crippen MR) is 83.3 cm³/mol. The fraction of sp³-hybridized carbons (Fsp3) is 0.467. The van der Waals surface area contributed by atoms with E-state index in [2.05, 4.69) is 22.4 Å². The number of rotatable bonds is 5. The van der Waals surface area contributed by atoms with Gasteiger partial charge in [-0.2, -0.15) is 11.8 Å². The number of benzene rings is 1. The minimum atomic E-state index is 0.0935. The second-order valence-corrected chi connectivity index (χ2v) is 6.59. The molecule has 2 heterocycles. The summed E-state index contributed by atoms with van der Waals surface area (Å²) in [6.45, 7) is 1.88. The molecule has 6 nitrogen and oxygen atoms in total. The zero-order valence-electron chi connectivity index (χ0n) is 12.6. The van der Waals surface area contributed by atoms with Gasteiger partial charge in [0.1, 0.15) is 5.75 Å². The van der Waals surface area contributed by atoms with Crippen LogP contribution >= 0.6 is 11.8 Å². The van der Waals surface area contributed by atoms with Gasteiger partial charge in [0.25, 0.3) is 11.8 Å². The summed E-state index contributed by atoms with van der Waals surface area (Å²) in [6.07, 6.45) is 3.84. The Morgan fingerprint density at radius 2 is 2.09 bits per heavy atom. The fourth-order valence-corrected chi connectivity index (χ4v) is 3.69. The third kappa shape index (κ3) is 3.65. The average Bonchev–Trinajstić information content (AvgIpc) is 3.00. The van der Waals surface area contributed by atoms with E-state index in [1.807, 2.05) is 23.9 Å². The van der Waals surface area contributed by atoms with Crippen molar-refractivity contribution in [1.82, 2.24) is 5.27 Å². The van der Waals surface area contributed by atoms with Gasteiger partial charge in [0.15, 0.2) is 0 Å². The summed E-state index contributed by atoms with van der Waals surface area (Å²) >= 11 is 2.01. The van der Waals surface area contributed by atoms with Gasteiger partial charge in [-0.25, -0.2) is 0 Å². The third-order valence-electron chi connectivity index (χ3n) is 3.81. The van der Waals surface area contributed by atoms with Crippen molar-refractivity contribution in [2.45, 2.75) is 23.8 Å². The van der Waals surface area contributed by atoms with Crippen molar-refractivity contribution < 1.29 is 14.1 Å². The Bertz CT molecular complexity index is 644. The quantitative estimate of drug-likeness (QED) is 0.834. The molecule has 1 aromatic heterocycles. The lowest BCUT2D eigenvalue weighted by Gasteiger charge is -2.31. The summed E-state index contributed by atoms with van der Waals surface area (Å²) in [6, 6.07) is 8.28. The van der Waals surface area contributed by atoms with E-state index in [0.717, 1.165) is 37.4 Å². The number of nitrogens with one attached hydrogen (secondary N) is 1. The van der Waals surface area contributed by atoms with Crippen LogP contribution < -0.4 is 25.4 Å². The summed E-state index contributed by atoms with van der Waals surface area (Å²) in [7, 11) is 1.69. The van der Waals surface area contributed by atoms with Crippen LogP contribution in [0.3, 0.4) is 0 Å². The van der Waals surface area contributed by atoms with Crippen LogP contribution in [0.1, 0.15) is 18.4 Å². The SMILES string of the molecule is COc1ccc(CSC2CCN([n+]3cc(=N)o[n-]3)CC2)cc1. The maximum absolute atomic E-state index is 7.37. The summed E-state index contributed by atoms with van der Waals surface area (Å²) in [5.74, 6) is 1.93. The van der Waals surface area contributed by atoms with Crippen molar-refractivity contribution >= 4 is 11.8 Å². The number of hydrogen-bond acceptors (Lipinski definition) is 5. The van der Waals surface area contributed by atoms with Crippen molar-refractivity contribution in [3.63, 3.8) is 0 Å². The molecule has 1 saturated heterocycles. The molecule has 22 heavy (non-hydrogen) atoms. The Kier molecular flexibility index (Phi) is 4.72. The average molecular weight is 320 g/mol. The van der Waals surface area contributed by atoms with E-state index in [1.165, 1.54) is 5.56 Å². The topological polar surface area (TPSA) is 67.4 Å². The molecule has 118 valence electrons. The first-order valence-electron chi connectivity index (χ1n) is 7.34. The molecule has 0 radical (unpaired) electrons. The normalized spacial score (nSPS) is 16.0. The largest absolute Gasteiger partial charge is 0.497 e. The maximum Gasteiger partial charge on any atom is 0.286 e. The Labute approximate surface area is 133 Å². The highest BCUT2D eigenvalue weighted by Gasteiger charge is 2.20. The summed E-state index contributed by atoms with van der Waals surface area (Å²) < 4.78 is 9.97. The molecule has 0 unspecified atom stereocenters. The number of methoxy groups -OCH3 is 1. The van der Waals surface area contributed by atoms with Crippen molar-refractivity contribution in [2.24, 2.45) is 0 Å². The van der Waals surface area contributed by atoms with Crippen LogP contribution in [0.4, 0.5) is 0 Å². The Morgan fingerprint density at radius 3 is 2.68 bits per heavy atom. The van der Waals surface area contributed by atoms with Crippen LogP contribution in [-0.2, 0) is 5.75 Å². The van der Waals surface area contributed by atoms with Gasteiger partial charge in [-0.15, -0.1) is 0 Å². The number of piperidine rings is 1. The van der Waals surface area contributed by atoms with E-state index in [1.54, 1.807) is 18.1 Å². The van der Waals surface area contributed by atoms with E-state index in [0.29, 0.717) is 5.25 Å². The van der Waals surface area contributed by atoms with Crippen molar-refractivity contribution in [3.8, 4) is 5.75 Å².